The second-order valence-corrected chi connectivity index (χ2v) is 4.68. The Bertz CT molecular complexity index is 412. The molecule has 4 heteroatoms. The van der Waals surface area contributed by atoms with E-state index in [1.54, 1.807) is 19.1 Å². The smallest absolute Gasteiger partial charge is 0.217 e. The van der Waals surface area contributed by atoms with Gasteiger partial charge in [0, 0.05) is 12.5 Å². The average molecular weight is 254 g/mol. The fourth-order valence-electron chi connectivity index (χ4n) is 1.55. The van der Waals surface area contributed by atoms with E-state index in [9.17, 15) is 9.59 Å². The molecule has 0 aliphatic carbocycles. The lowest BCUT2D eigenvalue weighted by Crippen LogP contribution is -2.23. The van der Waals surface area contributed by atoms with Crippen molar-refractivity contribution < 1.29 is 9.59 Å². The van der Waals surface area contributed by atoms with Crippen LogP contribution in [0.3, 0.4) is 0 Å². The van der Waals surface area contributed by atoms with Gasteiger partial charge >= 0.3 is 0 Å². The van der Waals surface area contributed by atoms with Crippen LogP contribution < -0.4 is 5.32 Å². The van der Waals surface area contributed by atoms with Crippen molar-refractivity contribution in [2.75, 3.05) is 0 Å². The number of carbonyl (C=O) groups is 2. The monoisotopic (exact) mass is 253 g/mol. The fraction of sp³-hybridized carbons (Fsp3) is 0.385. The lowest BCUT2D eigenvalue weighted by Gasteiger charge is -2.13. The van der Waals surface area contributed by atoms with Gasteiger partial charge in [0.25, 0.3) is 0 Å². The molecule has 1 aromatic rings. The van der Waals surface area contributed by atoms with Crippen LogP contribution >= 0.6 is 11.6 Å². The van der Waals surface area contributed by atoms with Gasteiger partial charge in [-0.1, -0.05) is 24.3 Å². The number of benzene rings is 1. The van der Waals surface area contributed by atoms with Crippen LogP contribution in [0.25, 0.3) is 0 Å². The van der Waals surface area contributed by atoms with Crippen LogP contribution in [0.15, 0.2) is 24.3 Å². The summed E-state index contributed by atoms with van der Waals surface area (Å²) in [7, 11) is 0. The SMILES string of the molecule is CC(=O)NC(C)c1ccc(C(=O)C(C)Cl)cc1. The first-order valence-electron chi connectivity index (χ1n) is 5.47. The van der Waals surface area contributed by atoms with Crippen LogP contribution in [0.1, 0.15) is 42.7 Å². The first kappa shape index (κ1) is 13.7. The third-order valence-corrected chi connectivity index (χ3v) is 2.67. The van der Waals surface area contributed by atoms with Crippen molar-refractivity contribution in [2.45, 2.75) is 32.2 Å². The number of hydrogen-bond donors (Lipinski definition) is 1. The minimum atomic E-state index is -0.520. The molecule has 0 saturated heterocycles. The van der Waals surface area contributed by atoms with E-state index in [4.69, 9.17) is 11.6 Å². The molecule has 0 saturated carbocycles. The maximum atomic E-state index is 11.6. The zero-order chi connectivity index (χ0) is 13.0. The summed E-state index contributed by atoms with van der Waals surface area (Å²) in [4.78, 5) is 22.5. The highest BCUT2D eigenvalue weighted by atomic mass is 35.5. The van der Waals surface area contributed by atoms with E-state index in [2.05, 4.69) is 5.32 Å². The predicted octanol–water partition coefficient (Wildman–Crippen LogP) is 2.69. The van der Waals surface area contributed by atoms with Gasteiger partial charge in [-0.3, -0.25) is 9.59 Å². The quantitative estimate of drug-likeness (QED) is 0.662. The molecule has 1 aromatic carbocycles. The number of halogens is 1. The molecule has 0 radical (unpaired) electrons. The summed E-state index contributed by atoms with van der Waals surface area (Å²) in [6.45, 7) is 5.02. The number of hydrogen-bond acceptors (Lipinski definition) is 2. The van der Waals surface area contributed by atoms with Crippen molar-refractivity contribution in [2.24, 2.45) is 0 Å². The van der Waals surface area contributed by atoms with E-state index in [1.165, 1.54) is 6.92 Å². The molecule has 3 nitrogen and oxygen atoms in total. The van der Waals surface area contributed by atoms with E-state index in [0.717, 1.165) is 5.56 Å². The van der Waals surface area contributed by atoms with Crippen LogP contribution in [0.5, 0.6) is 0 Å². The first-order valence-corrected chi connectivity index (χ1v) is 5.90. The van der Waals surface area contributed by atoms with E-state index in [0.29, 0.717) is 5.56 Å². The molecule has 0 aromatic heterocycles. The largest absolute Gasteiger partial charge is 0.350 e. The van der Waals surface area contributed by atoms with E-state index in [-0.39, 0.29) is 17.7 Å². The lowest BCUT2D eigenvalue weighted by molar-refractivity contribution is -0.119. The normalized spacial score (nSPS) is 13.9. The summed E-state index contributed by atoms with van der Waals surface area (Å²) in [5.41, 5.74) is 1.55. The highest BCUT2D eigenvalue weighted by Gasteiger charge is 2.13. The van der Waals surface area contributed by atoms with Crippen LogP contribution in [-0.2, 0) is 4.79 Å². The number of nitrogens with one attached hydrogen (secondary N) is 1. The molecule has 92 valence electrons. The Morgan fingerprint density at radius 1 is 1.18 bits per heavy atom. The molecule has 2 unspecified atom stereocenters. The fourth-order valence-corrected chi connectivity index (χ4v) is 1.68. The lowest BCUT2D eigenvalue weighted by atomic mass is 10.0. The van der Waals surface area contributed by atoms with E-state index in [1.807, 2.05) is 19.1 Å². The summed E-state index contributed by atoms with van der Waals surface area (Å²) >= 11 is 5.73. The van der Waals surface area contributed by atoms with Gasteiger partial charge in [0.2, 0.25) is 5.91 Å². The van der Waals surface area contributed by atoms with Crippen molar-refractivity contribution in [1.29, 1.82) is 0 Å². The maximum absolute atomic E-state index is 11.6. The Hall–Kier alpha value is -1.35. The van der Waals surface area contributed by atoms with E-state index >= 15 is 0 Å². The summed E-state index contributed by atoms with van der Waals surface area (Å²) in [6.07, 6.45) is 0. The Balaban J connectivity index is 2.81. The second kappa shape index (κ2) is 5.82. The van der Waals surface area contributed by atoms with Gasteiger partial charge in [-0.2, -0.15) is 0 Å². The Kier molecular flexibility index (Phi) is 4.70. The minimum Gasteiger partial charge on any atom is -0.350 e. The standard InChI is InChI=1S/C13H16ClNO2/c1-8(14)13(17)12-6-4-11(5-7-12)9(2)15-10(3)16/h4-9H,1-3H3,(H,15,16). The third-order valence-electron chi connectivity index (χ3n) is 2.48. The molecule has 0 spiro atoms. The van der Waals surface area contributed by atoms with Crippen molar-refractivity contribution in [3.8, 4) is 0 Å². The van der Waals surface area contributed by atoms with Crippen molar-refractivity contribution in [3.63, 3.8) is 0 Å². The molecule has 17 heavy (non-hydrogen) atoms. The zero-order valence-corrected chi connectivity index (χ0v) is 10.9. The molecule has 0 bridgehead atoms. The molecule has 2 atom stereocenters. The molecule has 1 N–H and O–H groups in total. The van der Waals surface area contributed by atoms with Gasteiger partial charge in [0.1, 0.15) is 0 Å². The molecule has 0 heterocycles. The van der Waals surface area contributed by atoms with Gasteiger partial charge < -0.3 is 5.32 Å². The van der Waals surface area contributed by atoms with Crippen molar-refractivity contribution in [1.82, 2.24) is 5.32 Å². The van der Waals surface area contributed by atoms with Crippen LogP contribution in [-0.4, -0.2) is 17.1 Å². The number of Topliss-reactive ketones (excluding diaryl/α,β-unsaturated/α-hetero) is 1. The first-order chi connectivity index (χ1) is 7.91. The van der Waals surface area contributed by atoms with Gasteiger partial charge in [-0.25, -0.2) is 0 Å². The van der Waals surface area contributed by atoms with Crippen LogP contribution in [0.4, 0.5) is 0 Å². The summed E-state index contributed by atoms with van der Waals surface area (Å²) < 4.78 is 0. The molecular formula is C13H16ClNO2. The molecule has 1 rings (SSSR count). The van der Waals surface area contributed by atoms with Crippen molar-refractivity contribution >= 4 is 23.3 Å². The summed E-state index contributed by atoms with van der Waals surface area (Å²) in [6, 6.07) is 7.05. The predicted molar refractivity (Wildman–Crippen MR) is 68.3 cm³/mol. The zero-order valence-electron chi connectivity index (χ0n) is 10.2. The maximum Gasteiger partial charge on any atom is 0.217 e. The number of ketones is 1. The van der Waals surface area contributed by atoms with Crippen LogP contribution in [0.2, 0.25) is 0 Å². The molecular weight excluding hydrogens is 238 g/mol. The summed E-state index contributed by atoms with van der Waals surface area (Å²) in [5.74, 6) is -0.169. The summed E-state index contributed by atoms with van der Waals surface area (Å²) in [5, 5.41) is 2.26. The number of alkyl halides is 1. The van der Waals surface area contributed by atoms with Crippen molar-refractivity contribution in [3.05, 3.63) is 35.4 Å². The molecule has 0 aliphatic heterocycles. The Labute approximate surface area is 106 Å². The van der Waals surface area contributed by atoms with E-state index < -0.39 is 5.38 Å². The molecule has 0 aliphatic rings. The topological polar surface area (TPSA) is 46.2 Å². The third kappa shape index (κ3) is 3.86. The Morgan fingerprint density at radius 3 is 2.12 bits per heavy atom. The number of amides is 1. The van der Waals surface area contributed by atoms with Gasteiger partial charge in [-0.15, -0.1) is 11.6 Å². The average Bonchev–Trinajstić information content (AvgIpc) is 2.27. The number of rotatable bonds is 4. The Morgan fingerprint density at radius 2 is 1.71 bits per heavy atom. The second-order valence-electron chi connectivity index (χ2n) is 4.02. The highest BCUT2D eigenvalue weighted by Crippen LogP contribution is 2.15. The highest BCUT2D eigenvalue weighted by molar-refractivity contribution is 6.33. The van der Waals surface area contributed by atoms with Crippen LogP contribution in [0, 0.1) is 0 Å². The van der Waals surface area contributed by atoms with Gasteiger partial charge in [0.15, 0.2) is 5.78 Å². The molecule has 1 amide bonds. The minimum absolute atomic E-state index is 0.0647. The number of carbonyl (C=O) groups excluding carboxylic acids is 2. The molecule has 0 fully saturated rings. The van der Waals surface area contributed by atoms with Gasteiger partial charge in [0.05, 0.1) is 11.4 Å². The van der Waals surface area contributed by atoms with Gasteiger partial charge in [-0.05, 0) is 19.4 Å².